The number of Topliss-reactive ketones (excluding diaryl/α,β-unsaturated/α-hetero) is 1. The van der Waals surface area contributed by atoms with Gasteiger partial charge in [0.25, 0.3) is 0 Å². The van der Waals surface area contributed by atoms with E-state index in [9.17, 15) is 4.79 Å². The maximum absolute atomic E-state index is 12.9. The molecule has 0 N–H and O–H groups in total. The fourth-order valence-corrected chi connectivity index (χ4v) is 9.33. The first-order chi connectivity index (χ1) is 12.8. The van der Waals surface area contributed by atoms with Gasteiger partial charge in [0.05, 0.1) is 10.2 Å². The smallest absolute Gasteiger partial charge is 0.159 e. The molecule has 0 aromatic carbocycles. The number of methoxy groups -OCH3 is 1. The van der Waals surface area contributed by atoms with E-state index in [1.165, 1.54) is 17.1 Å². The van der Waals surface area contributed by atoms with Crippen LogP contribution in [0.1, 0.15) is 66.2 Å². The number of carbonyl (C=O) groups excluding carboxylic acids is 1. The van der Waals surface area contributed by atoms with Gasteiger partial charge in [-0.25, -0.2) is 0 Å². The van der Waals surface area contributed by atoms with Gasteiger partial charge in [-0.2, -0.15) is 0 Å². The molecule has 1 fully saturated rings. The van der Waals surface area contributed by atoms with Gasteiger partial charge in [-0.3, -0.25) is 4.79 Å². The second-order valence-corrected chi connectivity index (χ2v) is 12.0. The first-order valence-corrected chi connectivity index (χ1v) is 12.4. The molecule has 0 spiro atoms. The van der Waals surface area contributed by atoms with Crippen molar-refractivity contribution in [2.75, 3.05) is 18.6 Å². The lowest BCUT2D eigenvalue weighted by atomic mass is 9.59. The number of carbonyl (C=O) groups is 1. The molecule has 0 amide bonds. The van der Waals surface area contributed by atoms with E-state index in [0.717, 1.165) is 37.7 Å². The standard InChI is InChI=1S/C23H36O2S2/c1-7-21(4,23(8-2)26-13-14-27-23)15-19(25-6)22(5)16(3)9-10-17-11-12-18(24)20(17)22/h7,16,19H,1,8-15H2,2-6H3/t16-,19+,21+,22+/m0/s1. The van der Waals surface area contributed by atoms with Crippen LogP contribution in [0.4, 0.5) is 0 Å². The lowest BCUT2D eigenvalue weighted by Gasteiger charge is -2.51. The van der Waals surface area contributed by atoms with Crippen molar-refractivity contribution in [1.82, 2.24) is 0 Å². The maximum Gasteiger partial charge on any atom is 0.159 e. The van der Waals surface area contributed by atoms with Crippen LogP contribution < -0.4 is 0 Å². The number of hydrogen-bond acceptors (Lipinski definition) is 4. The minimum Gasteiger partial charge on any atom is -0.380 e. The highest BCUT2D eigenvalue weighted by Crippen LogP contribution is 2.61. The molecule has 0 aromatic heterocycles. The highest BCUT2D eigenvalue weighted by molar-refractivity contribution is 8.21. The van der Waals surface area contributed by atoms with Crippen molar-refractivity contribution >= 4 is 29.3 Å². The first kappa shape index (κ1) is 21.5. The number of rotatable bonds is 7. The predicted octanol–water partition coefficient (Wildman–Crippen LogP) is 6.27. The van der Waals surface area contributed by atoms with Crippen molar-refractivity contribution in [3.05, 3.63) is 23.8 Å². The van der Waals surface area contributed by atoms with Gasteiger partial charge in [-0.15, -0.1) is 30.1 Å². The molecule has 0 aromatic rings. The second-order valence-electron chi connectivity index (χ2n) is 8.98. The van der Waals surface area contributed by atoms with Gasteiger partial charge in [0, 0.05) is 41.4 Å². The first-order valence-electron chi connectivity index (χ1n) is 10.5. The summed E-state index contributed by atoms with van der Waals surface area (Å²) in [5.74, 6) is 3.25. The maximum atomic E-state index is 12.9. The molecule has 4 atom stereocenters. The molecule has 1 heterocycles. The van der Waals surface area contributed by atoms with Crippen molar-refractivity contribution in [1.29, 1.82) is 0 Å². The predicted molar refractivity (Wildman–Crippen MR) is 119 cm³/mol. The molecular formula is C23H36O2S2. The Bertz CT molecular complexity index is 634. The molecule has 3 rings (SSSR count). The summed E-state index contributed by atoms with van der Waals surface area (Å²) < 4.78 is 6.38. The van der Waals surface area contributed by atoms with Gasteiger partial charge in [-0.1, -0.05) is 39.3 Å². The van der Waals surface area contributed by atoms with E-state index in [-0.39, 0.29) is 21.0 Å². The monoisotopic (exact) mass is 408 g/mol. The molecule has 0 radical (unpaired) electrons. The summed E-state index contributed by atoms with van der Waals surface area (Å²) in [4.78, 5) is 12.9. The van der Waals surface area contributed by atoms with E-state index >= 15 is 0 Å². The largest absolute Gasteiger partial charge is 0.380 e. The Kier molecular flexibility index (Phi) is 6.31. The zero-order valence-corrected chi connectivity index (χ0v) is 19.4. The van der Waals surface area contributed by atoms with Gasteiger partial charge < -0.3 is 4.74 Å². The summed E-state index contributed by atoms with van der Waals surface area (Å²) in [6, 6.07) is 0. The Hall–Kier alpha value is -0.190. The molecular weight excluding hydrogens is 372 g/mol. The fraction of sp³-hybridized carbons (Fsp3) is 0.783. The molecule has 2 aliphatic carbocycles. The second kappa shape index (κ2) is 7.91. The van der Waals surface area contributed by atoms with Crippen molar-refractivity contribution < 1.29 is 9.53 Å². The summed E-state index contributed by atoms with van der Waals surface area (Å²) in [7, 11) is 1.84. The van der Waals surface area contributed by atoms with Gasteiger partial charge in [0.15, 0.2) is 5.78 Å². The lowest BCUT2D eigenvalue weighted by Crippen LogP contribution is -2.49. The fourth-order valence-electron chi connectivity index (χ4n) is 5.77. The molecule has 4 heteroatoms. The zero-order chi connectivity index (χ0) is 19.9. The SMILES string of the molecule is C=C[C@](C)(C[C@@H](OC)[C@]1(C)C2=C(CCC2=O)CC[C@@H]1C)C1(CC)SCCS1. The highest BCUT2D eigenvalue weighted by atomic mass is 32.2. The third kappa shape index (κ3) is 3.28. The van der Waals surface area contributed by atoms with Crippen LogP contribution in [0.5, 0.6) is 0 Å². The molecule has 27 heavy (non-hydrogen) atoms. The average molecular weight is 409 g/mol. The minimum atomic E-state index is -0.191. The Morgan fingerprint density at radius 3 is 2.56 bits per heavy atom. The zero-order valence-electron chi connectivity index (χ0n) is 17.7. The molecule has 3 aliphatic rings. The van der Waals surface area contributed by atoms with Crippen LogP contribution >= 0.6 is 23.5 Å². The molecule has 0 saturated carbocycles. The minimum absolute atomic E-state index is 0.0309. The van der Waals surface area contributed by atoms with Crippen LogP contribution in [0, 0.1) is 16.7 Å². The van der Waals surface area contributed by atoms with Crippen LogP contribution in [0.2, 0.25) is 0 Å². The van der Waals surface area contributed by atoms with Crippen molar-refractivity contribution in [2.24, 2.45) is 16.7 Å². The van der Waals surface area contributed by atoms with E-state index in [4.69, 9.17) is 4.74 Å². The molecule has 1 aliphatic heterocycles. The Labute approximate surface area is 174 Å². The quantitative estimate of drug-likeness (QED) is 0.464. The Balaban J connectivity index is 1.99. The van der Waals surface area contributed by atoms with Crippen molar-refractivity contribution in [2.45, 2.75) is 76.4 Å². The molecule has 0 bridgehead atoms. The van der Waals surface area contributed by atoms with E-state index < -0.39 is 0 Å². The third-order valence-corrected chi connectivity index (χ3v) is 12.1. The van der Waals surface area contributed by atoms with Gasteiger partial charge in [0.2, 0.25) is 0 Å². The van der Waals surface area contributed by atoms with Crippen LogP contribution in [0.25, 0.3) is 0 Å². The van der Waals surface area contributed by atoms with Gasteiger partial charge in [-0.05, 0) is 38.0 Å². The van der Waals surface area contributed by atoms with Crippen LogP contribution in [-0.2, 0) is 9.53 Å². The van der Waals surface area contributed by atoms with E-state index in [0.29, 0.717) is 18.1 Å². The molecule has 1 saturated heterocycles. The van der Waals surface area contributed by atoms with Crippen LogP contribution in [-0.4, -0.2) is 34.6 Å². The highest BCUT2D eigenvalue weighted by Gasteiger charge is 2.55. The molecule has 2 nitrogen and oxygen atoms in total. The van der Waals surface area contributed by atoms with Crippen LogP contribution in [0.3, 0.4) is 0 Å². The molecule has 0 unspecified atom stereocenters. The Morgan fingerprint density at radius 2 is 2.00 bits per heavy atom. The van der Waals surface area contributed by atoms with E-state index in [1.807, 2.05) is 7.11 Å². The van der Waals surface area contributed by atoms with Gasteiger partial charge in [0.1, 0.15) is 0 Å². The number of thioether (sulfide) groups is 2. The average Bonchev–Trinajstić information content (AvgIpc) is 3.31. The van der Waals surface area contributed by atoms with Gasteiger partial charge >= 0.3 is 0 Å². The van der Waals surface area contributed by atoms with Crippen LogP contribution in [0.15, 0.2) is 23.8 Å². The summed E-state index contributed by atoms with van der Waals surface area (Å²) in [6.07, 6.45) is 8.19. The number of allylic oxidation sites excluding steroid dienone is 2. The molecule has 152 valence electrons. The topological polar surface area (TPSA) is 26.3 Å². The Morgan fingerprint density at radius 1 is 1.33 bits per heavy atom. The van der Waals surface area contributed by atoms with E-state index in [1.54, 1.807) is 0 Å². The van der Waals surface area contributed by atoms with Crippen molar-refractivity contribution in [3.63, 3.8) is 0 Å². The normalized spacial score (nSPS) is 33.7. The number of hydrogen-bond donors (Lipinski definition) is 0. The number of ether oxygens (including phenoxy) is 1. The van der Waals surface area contributed by atoms with Crippen molar-refractivity contribution in [3.8, 4) is 0 Å². The summed E-state index contributed by atoms with van der Waals surface area (Å²) in [6.45, 7) is 13.6. The summed E-state index contributed by atoms with van der Waals surface area (Å²) in [5, 5.41) is 0. The summed E-state index contributed by atoms with van der Waals surface area (Å²) in [5.41, 5.74) is 2.31. The summed E-state index contributed by atoms with van der Waals surface area (Å²) >= 11 is 4.19. The van der Waals surface area contributed by atoms with E-state index in [2.05, 4.69) is 63.9 Å². The number of ketones is 1. The third-order valence-electron chi connectivity index (χ3n) is 7.83. The lowest BCUT2D eigenvalue weighted by molar-refractivity contribution is -0.118.